The zero-order valence-electron chi connectivity index (χ0n) is 11.4. The highest BCUT2D eigenvalue weighted by atomic mass is 15.1. The molecule has 2 heterocycles. The molecule has 20 heavy (non-hydrogen) atoms. The van der Waals surface area contributed by atoms with Crippen molar-refractivity contribution in [3.05, 3.63) is 36.2 Å². The number of H-pyrrole nitrogens is 1. The van der Waals surface area contributed by atoms with Crippen LogP contribution in [0.25, 0.3) is 22.4 Å². The number of aromatic amines is 1. The molecule has 5 nitrogen and oxygen atoms in total. The van der Waals surface area contributed by atoms with E-state index in [9.17, 15) is 0 Å². The summed E-state index contributed by atoms with van der Waals surface area (Å²) < 4.78 is 0. The second-order valence-corrected chi connectivity index (χ2v) is 4.83. The van der Waals surface area contributed by atoms with E-state index in [1.165, 1.54) is 18.4 Å². The highest BCUT2D eigenvalue weighted by molar-refractivity contribution is 5.87. The fourth-order valence-corrected chi connectivity index (χ4v) is 2.27. The van der Waals surface area contributed by atoms with Crippen molar-refractivity contribution in [2.75, 3.05) is 5.73 Å². The molecule has 3 aromatic rings. The SMILES string of the molecule is CCCCc1ccc(-c2nc(N)nc3nc[nH]c23)cc1. The summed E-state index contributed by atoms with van der Waals surface area (Å²) in [6.07, 6.45) is 5.14. The summed E-state index contributed by atoms with van der Waals surface area (Å²) in [4.78, 5) is 15.6. The summed E-state index contributed by atoms with van der Waals surface area (Å²) in [6.45, 7) is 2.20. The van der Waals surface area contributed by atoms with Crippen molar-refractivity contribution in [3.63, 3.8) is 0 Å². The van der Waals surface area contributed by atoms with Gasteiger partial charge in [0.15, 0.2) is 5.65 Å². The van der Waals surface area contributed by atoms with Crippen molar-refractivity contribution in [3.8, 4) is 11.3 Å². The van der Waals surface area contributed by atoms with Crippen molar-refractivity contribution >= 4 is 17.1 Å². The number of nitrogens with two attached hydrogens (primary N) is 1. The number of hydrogen-bond acceptors (Lipinski definition) is 4. The third-order valence-corrected chi connectivity index (χ3v) is 3.35. The first-order valence-electron chi connectivity index (χ1n) is 6.84. The molecule has 5 heteroatoms. The molecule has 0 aliphatic carbocycles. The molecule has 0 amide bonds. The van der Waals surface area contributed by atoms with Gasteiger partial charge in [-0.15, -0.1) is 0 Å². The number of aromatic nitrogens is 4. The number of nitrogen functional groups attached to an aromatic ring is 1. The van der Waals surface area contributed by atoms with E-state index in [4.69, 9.17) is 5.73 Å². The van der Waals surface area contributed by atoms with Gasteiger partial charge in [0, 0.05) is 5.56 Å². The van der Waals surface area contributed by atoms with Crippen molar-refractivity contribution in [2.45, 2.75) is 26.2 Å². The number of unbranched alkanes of at least 4 members (excludes halogenated alkanes) is 1. The first-order chi connectivity index (χ1) is 9.78. The molecule has 2 aromatic heterocycles. The van der Waals surface area contributed by atoms with Crippen LogP contribution in [0.3, 0.4) is 0 Å². The monoisotopic (exact) mass is 267 g/mol. The Bertz CT molecular complexity index is 715. The maximum Gasteiger partial charge on any atom is 0.222 e. The van der Waals surface area contributed by atoms with Crippen LogP contribution < -0.4 is 5.73 Å². The summed E-state index contributed by atoms with van der Waals surface area (Å²) in [5, 5.41) is 0. The van der Waals surface area contributed by atoms with E-state index in [0.29, 0.717) is 5.65 Å². The summed E-state index contributed by atoms with van der Waals surface area (Å²) in [5.74, 6) is 0.245. The number of fused-ring (bicyclic) bond motifs is 1. The number of anilines is 1. The Morgan fingerprint density at radius 1 is 1.15 bits per heavy atom. The van der Waals surface area contributed by atoms with Crippen molar-refractivity contribution in [1.29, 1.82) is 0 Å². The van der Waals surface area contributed by atoms with E-state index < -0.39 is 0 Å². The summed E-state index contributed by atoms with van der Waals surface area (Å²) >= 11 is 0. The van der Waals surface area contributed by atoms with Gasteiger partial charge in [0.2, 0.25) is 5.95 Å². The van der Waals surface area contributed by atoms with E-state index in [-0.39, 0.29) is 5.95 Å². The van der Waals surface area contributed by atoms with Gasteiger partial charge >= 0.3 is 0 Å². The van der Waals surface area contributed by atoms with Gasteiger partial charge in [0.1, 0.15) is 11.2 Å². The predicted molar refractivity (Wildman–Crippen MR) is 80.1 cm³/mol. The molecule has 0 aliphatic heterocycles. The Morgan fingerprint density at radius 3 is 2.70 bits per heavy atom. The molecular formula is C15H17N5. The normalized spacial score (nSPS) is 11.1. The number of nitrogens with zero attached hydrogens (tertiary/aromatic N) is 3. The average Bonchev–Trinajstić information content (AvgIpc) is 2.93. The van der Waals surface area contributed by atoms with Crippen LogP contribution in [0.4, 0.5) is 5.95 Å². The molecule has 0 saturated carbocycles. The lowest BCUT2D eigenvalue weighted by atomic mass is 10.0. The molecule has 0 aliphatic rings. The smallest absolute Gasteiger partial charge is 0.222 e. The molecule has 102 valence electrons. The molecule has 1 aromatic carbocycles. The number of hydrogen-bond donors (Lipinski definition) is 2. The fourth-order valence-electron chi connectivity index (χ4n) is 2.27. The molecule has 0 atom stereocenters. The zero-order valence-corrected chi connectivity index (χ0v) is 11.4. The molecule has 3 N–H and O–H groups in total. The Kier molecular flexibility index (Phi) is 3.33. The Hall–Kier alpha value is -2.43. The van der Waals surface area contributed by atoms with Crippen LogP contribution in [-0.2, 0) is 6.42 Å². The maximum atomic E-state index is 5.74. The van der Waals surface area contributed by atoms with Crippen molar-refractivity contribution in [1.82, 2.24) is 19.9 Å². The Labute approximate surface area is 117 Å². The Balaban J connectivity index is 2.00. The minimum Gasteiger partial charge on any atom is -0.368 e. The third-order valence-electron chi connectivity index (χ3n) is 3.35. The van der Waals surface area contributed by atoms with E-state index in [1.54, 1.807) is 6.33 Å². The van der Waals surface area contributed by atoms with E-state index in [0.717, 1.165) is 23.2 Å². The topological polar surface area (TPSA) is 80.5 Å². The van der Waals surface area contributed by atoms with Gasteiger partial charge in [-0.1, -0.05) is 37.6 Å². The van der Waals surface area contributed by atoms with Gasteiger partial charge in [-0.3, -0.25) is 0 Å². The maximum absolute atomic E-state index is 5.74. The first-order valence-corrected chi connectivity index (χ1v) is 6.84. The quantitative estimate of drug-likeness (QED) is 0.761. The lowest BCUT2D eigenvalue weighted by molar-refractivity contribution is 0.795. The zero-order chi connectivity index (χ0) is 13.9. The third kappa shape index (κ3) is 2.34. The number of imidazole rings is 1. The van der Waals surface area contributed by atoms with Crippen LogP contribution in [0, 0.1) is 0 Å². The number of nitrogens with one attached hydrogen (secondary N) is 1. The van der Waals surface area contributed by atoms with E-state index in [1.807, 2.05) is 0 Å². The lowest BCUT2D eigenvalue weighted by Crippen LogP contribution is -1.98. The molecule has 0 saturated heterocycles. The van der Waals surface area contributed by atoms with E-state index in [2.05, 4.69) is 51.1 Å². The molecule has 0 unspecified atom stereocenters. The fraction of sp³-hybridized carbons (Fsp3) is 0.267. The molecule has 0 bridgehead atoms. The Morgan fingerprint density at radius 2 is 1.95 bits per heavy atom. The number of aryl methyl sites for hydroxylation is 1. The summed E-state index contributed by atoms with van der Waals surface area (Å²) in [7, 11) is 0. The molecule has 0 radical (unpaired) electrons. The highest BCUT2D eigenvalue weighted by Crippen LogP contribution is 2.25. The van der Waals surface area contributed by atoms with E-state index >= 15 is 0 Å². The van der Waals surface area contributed by atoms with Crippen LogP contribution >= 0.6 is 0 Å². The number of benzene rings is 1. The van der Waals surface area contributed by atoms with Crippen LogP contribution in [0.15, 0.2) is 30.6 Å². The van der Waals surface area contributed by atoms with Crippen LogP contribution in [0.1, 0.15) is 25.3 Å². The number of rotatable bonds is 4. The van der Waals surface area contributed by atoms with Gasteiger partial charge in [0.25, 0.3) is 0 Å². The minimum atomic E-state index is 0.245. The minimum absolute atomic E-state index is 0.245. The van der Waals surface area contributed by atoms with Crippen molar-refractivity contribution < 1.29 is 0 Å². The average molecular weight is 267 g/mol. The second kappa shape index (κ2) is 5.28. The summed E-state index contributed by atoms with van der Waals surface area (Å²) in [5.41, 5.74) is 10.3. The summed E-state index contributed by atoms with van der Waals surface area (Å²) in [6, 6.07) is 8.44. The first kappa shape index (κ1) is 12.6. The molecule has 3 rings (SSSR count). The standard InChI is InChI=1S/C15H17N5/c1-2-3-4-10-5-7-11(8-6-10)12-13-14(18-9-17-13)20-15(16)19-12/h5-9H,2-4H2,1H3,(H3,16,17,18,19,20). The van der Waals surface area contributed by atoms with Crippen LogP contribution in [0.2, 0.25) is 0 Å². The highest BCUT2D eigenvalue weighted by Gasteiger charge is 2.10. The van der Waals surface area contributed by atoms with Crippen LogP contribution in [-0.4, -0.2) is 19.9 Å². The van der Waals surface area contributed by atoms with Gasteiger partial charge in [-0.2, -0.15) is 4.98 Å². The largest absolute Gasteiger partial charge is 0.368 e. The van der Waals surface area contributed by atoms with Gasteiger partial charge in [-0.05, 0) is 18.4 Å². The molecule has 0 spiro atoms. The molecular weight excluding hydrogens is 250 g/mol. The lowest BCUT2D eigenvalue weighted by Gasteiger charge is -2.05. The predicted octanol–water partition coefficient (Wildman–Crippen LogP) is 2.94. The molecule has 0 fully saturated rings. The van der Waals surface area contributed by atoms with Gasteiger partial charge in [0.05, 0.1) is 6.33 Å². The van der Waals surface area contributed by atoms with Crippen molar-refractivity contribution in [2.24, 2.45) is 0 Å². The van der Waals surface area contributed by atoms with Crippen LogP contribution in [0.5, 0.6) is 0 Å². The van der Waals surface area contributed by atoms with Gasteiger partial charge in [-0.25, -0.2) is 9.97 Å². The second-order valence-electron chi connectivity index (χ2n) is 4.83. The van der Waals surface area contributed by atoms with Gasteiger partial charge < -0.3 is 10.7 Å².